The quantitative estimate of drug-likeness (QED) is 0.917. The highest BCUT2D eigenvalue weighted by Crippen LogP contribution is 2.30. The summed E-state index contributed by atoms with van der Waals surface area (Å²) in [5.74, 6) is 0.332. The van der Waals surface area contributed by atoms with E-state index in [2.05, 4.69) is 10.3 Å². The summed E-state index contributed by atoms with van der Waals surface area (Å²) in [6.07, 6.45) is 1.53. The third-order valence-corrected chi connectivity index (χ3v) is 3.47. The summed E-state index contributed by atoms with van der Waals surface area (Å²) in [6, 6.07) is 10.8. The monoisotopic (exact) mass is 296 g/mol. The van der Waals surface area contributed by atoms with E-state index in [0.717, 1.165) is 5.82 Å². The molecule has 0 spiro atoms. The van der Waals surface area contributed by atoms with Crippen molar-refractivity contribution in [2.45, 2.75) is 0 Å². The first-order valence-electron chi connectivity index (χ1n) is 6.90. The van der Waals surface area contributed by atoms with Gasteiger partial charge >= 0.3 is 0 Å². The van der Waals surface area contributed by atoms with Crippen LogP contribution in [0.1, 0.15) is 10.4 Å². The van der Waals surface area contributed by atoms with Crippen LogP contribution in [-0.4, -0.2) is 37.4 Å². The van der Waals surface area contributed by atoms with E-state index in [9.17, 15) is 9.59 Å². The Labute approximate surface area is 128 Å². The molecule has 22 heavy (non-hydrogen) atoms. The lowest BCUT2D eigenvalue weighted by Gasteiger charge is -2.29. The van der Waals surface area contributed by atoms with E-state index in [0.29, 0.717) is 16.9 Å². The Balaban J connectivity index is 1.93. The van der Waals surface area contributed by atoms with Crippen LogP contribution in [0.5, 0.6) is 0 Å². The zero-order chi connectivity index (χ0) is 15.7. The van der Waals surface area contributed by atoms with Crippen LogP contribution in [0.2, 0.25) is 0 Å². The molecule has 2 amide bonds. The molecule has 6 nitrogen and oxygen atoms in total. The van der Waals surface area contributed by atoms with Crippen molar-refractivity contribution in [2.24, 2.45) is 0 Å². The van der Waals surface area contributed by atoms with Crippen LogP contribution in [0.3, 0.4) is 0 Å². The fourth-order valence-electron chi connectivity index (χ4n) is 2.35. The van der Waals surface area contributed by atoms with Crippen molar-refractivity contribution in [2.75, 3.05) is 35.8 Å². The van der Waals surface area contributed by atoms with Gasteiger partial charge in [-0.1, -0.05) is 12.1 Å². The van der Waals surface area contributed by atoms with Crippen LogP contribution in [0.15, 0.2) is 42.6 Å². The van der Waals surface area contributed by atoms with Gasteiger partial charge in [0.25, 0.3) is 5.91 Å². The Kier molecular flexibility index (Phi) is 3.50. The Bertz CT molecular complexity index is 725. The second-order valence-corrected chi connectivity index (χ2v) is 5.26. The van der Waals surface area contributed by atoms with Gasteiger partial charge < -0.3 is 10.2 Å². The zero-order valence-electron chi connectivity index (χ0n) is 12.4. The van der Waals surface area contributed by atoms with E-state index < -0.39 is 0 Å². The van der Waals surface area contributed by atoms with Gasteiger partial charge in [0.1, 0.15) is 12.4 Å². The van der Waals surface area contributed by atoms with Gasteiger partial charge in [-0.25, -0.2) is 4.98 Å². The van der Waals surface area contributed by atoms with Crippen molar-refractivity contribution in [3.63, 3.8) is 0 Å². The lowest BCUT2D eigenvalue weighted by Crippen LogP contribution is -2.42. The summed E-state index contributed by atoms with van der Waals surface area (Å²) in [7, 11) is 3.77. The van der Waals surface area contributed by atoms with E-state index in [1.807, 2.05) is 37.2 Å². The van der Waals surface area contributed by atoms with Crippen LogP contribution < -0.4 is 15.1 Å². The molecule has 3 rings (SSSR count). The molecule has 0 radical (unpaired) electrons. The van der Waals surface area contributed by atoms with Crippen LogP contribution in [-0.2, 0) is 4.79 Å². The molecule has 0 bridgehead atoms. The minimum atomic E-state index is -0.236. The average Bonchev–Trinajstić information content (AvgIpc) is 2.53. The van der Waals surface area contributed by atoms with Crippen LogP contribution in [0, 0.1) is 0 Å². The van der Waals surface area contributed by atoms with E-state index in [-0.39, 0.29) is 18.4 Å². The molecule has 0 aliphatic carbocycles. The molecule has 1 N–H and O–H groups in total. The maximum atomic E-state index is 12.7. The summed E-state index contributed by atoms with van der Waals surface area (Å²) in [5.41, 5.74) is 1.80. The minimum absolute atomic E-state index is 0.00524. The molecule has 1 aromatic carbocycles. The summed E-state index contributed by atoms with van der Waals surface area (Å²) >= 11 is 0. The highest BCUT2D eigenvalue weighted by Gasteiger charge is 2.27. The van der Waals surface area contributed by atoms with Crippen molar-refractivity contribution in [3.8, 4) is 0 Å². The number of carbonyl (C=O) groups excluding carboxylic acids is 2. The van der Waals surface area contributed by atoms with Crippen molar-refractivity contribution in [1.82, 2.24) is 4.98 Å². The number of benzene rings is 1. The molecule has 0 unspecified atom stereocenters. The molecule has 0 atom stereocenters. The molecule has 1 aliphatic heterocycles. The van der Waals surface area contributed by atoms with Gasteiger partial charge in [-0.3, -0.25) is 14.5 Å². The molecule has 0 saturated carbocycles. The molecule has 6 heteroatoms. The Hall–Kier alpha value is -2.89. The van der Waals surface area contributed by atoms with Crippen molar-refractivity contribution >= 4 is 29.0 Å². The largest absolute Gasteiger partial charge is 0.363 e. The smallest absolute Gasteiger partial charge is 0.260 e. The lowest BCUT2D eigenvalue weighted by molar-refractivity contribution is -0.115. The maximum absolute atomic E-state index is 12.7. The van der Waals surface area contributed by atoms with E-state index >= 15 is 0 Å². The molecule has 2 aromatic rings. The van der Waals surface area contributed by atoms with Crippen molar-refractivity contribution in [1.29, 1.82) is 0 Å². The molecule has 2 heterocycles. The fraction of sp³-hybridized carbons (Fsp3) is 0.188. The zero-order valence-corrected chi connectivity index (χ0v) is 12.4. The lowest BCUT2D eigenvalue weighted by atomic mass is 10.1. The third-order valence-electron chi connectivity index (χ3n) is 3.47. The molecular weight excluding hydrogens is 280 g/mol. The number of para-hydroxylation sites is 2. The van der Waals surface area contributed by atoms with Crippen LogP contribution >= 0.6 is 0 Å². The predicted molar refractivity (Wildman–Crippen MR) is 85.3 cm³/mol. The SMILES string of the molecule is CN(C)c1ccc(C(=O)N2CC(=O)Nc3ccccc32)cn1. The number of aromatic nitrogens is 1. The molecule has 0 fully saturated rings. The number of amides is 2. The van der Waals surface area contributed by atoms with Crippen LogP contribution in [0.25, 0.3) is 0 Å². The topological polar surface area (TPSA) is 65.5 Å². The van der Waals surface area contributed by atoms with Gasteiger partial charge in [-0.15, -0.1) is 0 Å². The molecule has 112 valence electrons. The maximum Gasteiger partial charge on any atom is 0.260 e. The van der Waals surface area contributed by atoms with E-state index in [1.165, 1.54) is 11.1 Å². The van der Waals surface area contributed by atoms with Gasteiger partial charge in [0.15, 0.2) is 0 Å². The highest BCUT2D eigenvalue weighted by molar-refractivity contribution is 6.15. The minimum Gasteiger partial charge on any atom is -0.363 e. The Morgan fingerprint density at radius 2 is 2.00 bits per heavy atom. The molecule has 1 aliphatic rings. The highest BCUT2D eigenvalue weighted by atomic mass is 16.2. The van der Waals surface area contributed by atoms with Crippen molar-refractivity contribution < 1.29 is 9.59 Å². The van der Waals surface area contributed by atoms with Gasteiger partial charge in [0.2, 0.25) is 5.91 Å². The molecular formula is C16H16N4O2. The standard InChI is InChI=1S/C16H16N4O2/c1-19(2)14-8-7-11(9-17-14)16(22)20-10-15(21)18-12-5-3-4-6-13(12)20/h3-9H,10H2,1-2H3,(H,18,21). The molecule has 0 saturated heterocycles. The number of fused-ring (bicyclic) bond motifs is 1. The van der Waals surface area contributed by atoms with Gasteiger partial charge in [0.05, 0.1) is 16.9 Å². The predicted octanol–water partition coefficient (Wildman–Crippen LogP) is 1.75. The first kappa shape index (κ1) is 14.1. The van der Waals surface area contributed by atoms with Gasteiger partial charge in [-0.05, 0) is 24.3 Å². The average molecular weight is 296 g/mol. The number of carbonyl (C=O) groups is 2. The number of nitrogens with one attached hydrogen (secondary N) is 1. The summed E-state index contributed by atoms with van der Waals surface area (Å²) in [5, 5.41) is 2.77. The fourth-order valence-corrected chi connectivity index (χ4v) is 2.35. The number of hydrogen-bond acceptors (Lipinski definition) is 4. The number of hydrogen-bond donors (Lipinski definition) is 1. The first-order valence-corrected chi connectivity index (χ1v) is 6.90. The second-order valence-electron chi connectivity index (χ2n) is 5.26. The first-order chi connectivity index (χ1) is 10.6. The second kappa shape index (κ2) is 5.48. The normalized spacial score (nSPS) is 13.4. The van der Waals surface area contributed by atoms with Crippen molar-refractivity contribution in [3.05, 3.63) is 48.2 Å². The summed E-state index contributed by atoms with van der Waals surface area (Å²) in [6.45, 7) is 0.00524. The Morgan fingerprint density at radius 1 is 1.23 bits per heavy atom. The number of anilines is 3. The number of pyridine rings is 1. The van der Waals surface area contributed by atoms with E-state index in [1.54, 1.807) is 18.2 Å². The number of nitrogens with zero attached hydrogens (tertiary/aromatic N) is 3. The summed E-state index contributed by atoms with van der Waals surface area (Å²) < 4.78 is 0. The Morgan fingerprint density at radius 3 is 2.68 bits per heavy atom. The number of rotatable bonds is 2. The summed E-state index contributed by atoms with van der Waals surface area (Å²) in [4.78, 5) is 32.0. The van der Waals surface area contributed by atoms with Gasteiger partial charge in [0, 0.05) is 20.3 Å². The molecule has 1 aromatic heterocycles. The van der Waals surface area contributed by atoms with E-state index in [4.69, 9.17) is 0 Å². The third kappa shape index (κ3) is 2.50. The van der Waals surface area contributed by atoms with Crippen LogP contribution in [0.4, 0.5) is 17.2 Å². The van der Waals surface area contributed by atoms with Gasteiger partial charge in [-0.2, -0.15) is 0 Å².